The number of nitrogens with zero attached hydrogens (tertiary/aromatic N) is 4. The summed E-state index contributed by atoms with van der Waals surface area (Å²) in [6.45, 7) is 6.87. The standard InChI is InChI=1S/C23H29N5O5/c1-4-33-23(30)18-13-24-28-21(29)12-17(25-22(18)28)15-27-9-7-26(8-10-27)14-16-5-6-19(31-2)20(11-16)32-3/h5-6,11-13,24H,4,7-10,14-15H2,1-3H3. The number of carbonyl (C=O) groups is 1. The molecular formula is C23H29N5O5. The molecule has 0 bridgehead atoms. The maximum Gasteiger partial charge on any atom is 0.343 e. The zero-order valence-electron chi connectivity index (χ0n) is 19.2. The number of methoxy groups -OCH3 is 2. The summed E-state index contributed by atoms with van der Waals surface area (Å²) in [4.78, 5) is 33.9. The van der Waals surface area contributed by atoms with Gasteiger partial charge >= 0.3 is 5.97 Å². The van der Waals surface area contributed by atoms with Crippen molar-refractivity contribution >= 4 is 11.6 Å². The number of ether oxygens (including phenoxy) is 3. The van der Waals surface area contributed by atoms with Gasteiger partial charge in [0.1, 0.15) is 5.56 Å². The summed E-state index contributed by atoms with van der Waals surface area (Å²) >= 11 is 0. The maximum absolute atomic E-state index is 12.5. The van der Waals surface area contributed by atoms with Crippen molar-refractivity contribution in [3.05, 3.63) is 57.6 Å². The van der Waals surface area contributed by atoms with E-state index in [4.69, 9.17) is 14.2 Å². The second-order valence-corrected chi connectivity index (χ2v) is 7.89. The first-order chi connectivity index (χ1) is 16.0. The quantitative estimate of drug-likeness (QED) is 0.511. The minimum absolute atomic E-state index is 0.252. The van der Waals surface area contributed by atoms with Crippen LogP contribution in [0.5, 0.6) is 11.5 Å². The number of rotatable bonds is 8. The number of fused-ring (bicyclic) bond motifs is 1. The Morgan fingerprint density at radius 1 is 1.03 bits per heavy atom. The summed E-state index contributed by atoms with van der Waals surface area (Å²) < 4.78 is 17.0. The fourth-order valence-corrected chi connectivity index (χ4v) is 4.04. The summed E-state index contributed by atoms with van der Waals surface area (Å²) in [5, 5.41) is 2.77. The molecule has 4 rings (SSSR count). The molecule has 0 unspecified atom stereocenters. The molecule has 1 aliphatic heterocycles. The van der Waals surface area contributed by atoms with E-state index in [1.165, 1.54) is 22.3 Å². The van der Waals surface area contributed by atoms with Gasteiger partial charge in [-0.05, 0) is 24.6 Å². The van der Waals surface area contributed by atoms with Crippen molar-refractivity contribution in [3.8, 4) is 11.5 Å². The van der Waals surface area contributed by atoms with E-state index in [2.05, 4.69) is 25.9 Å². The Kier molecular flexibility index (Phi) is 6.95. The zero-order valence-corrected chi connectivity index (χ0v) is 19.2. The van der Waals surface area contributed by atoms with Crippen LogP contribution in [0.2, 0.25) is 0 Å². The van der Waals surface area contributed by atoms with Crippen molar-refractivity contribution in [2.75, 3.05) is 47.0 Å². The molecule has 1 aromatic carbocycles. The molecule has 10 heteroatoms. The van der Waals surface area contributed by atoms with Crippen molar-refractivity contribution in [1.82, 2.24) is 24.4 Å². The van der Waals surface area contributed by atoms with E-state index < -0.39 is 5.97 Å². The summed E-state index contributed by atoms with van der Waals surface area (Å²) in [6, 6.07) is 7.50. The normalized spacial score (nSPS) is 15.0. The summed E-state index contributed by atoms with van der Waals surface area (Å²) in [6.07, 6.45) is 1.46. The zero-order chi connectivity index (χ0) is 23.4. The van der Waals surface area contributed by atoms with Crippen molar-refractivity contribution < 1.29 is 19.0 Å². The van der Waals surface area contributed by atoms with Gasteiger partial charge in [-0.1, -0.05) is 6.07 Å². The van der Waals surface area contributed by atoms with Gasteiger partial charge in [0.15, 0.2) is 17.1 Å². The fourth-order valence-electron chi connectivity index (χ4n) is 4.04. The van der Waals surface area contributed by atoms with Gasteiger partial charge in [0.2, 0.25) is 0 Å². The molecule has 176 valence electrons. The Morgan fingerprint density at radius 2 is 1.73 bits per heavy atom. The SMILES string of the molecule is CCOC(=O)c1c[nH]n2c(=O)cc(CN3CCN(Cc4ccc(OC)c(OC)c4)CC3)nc12. The van der Waals surface area contributed by atoms with Crippen molar-refractivity contribution in [2.24, 2.45) is 0 Å². The molecule has 0 amide bonds. The lowest BCUT2D eigenvalue weighted by molar-refractivity contribution is 0.0528. The van der Waals surface area contributed by atoms with Crippen LogP contribution < -0.4 is 15.0 Å². The largest absolute Gasteiger partial charge is 0.493 e. The highest BCUT2D eigenvalue weighted by Crippen LogP contribution is 2.28. The number of H-pyrrole nitrogens is 1. The number of aromatic amines is 1. The van der Waals surface area contributed by atoms with Crippen LogP contribution in [0.25, 0.3) is 5.65 Å². The molecule has 0 aliphatic carbocycles. The third-order valence-electron chi connectivity index (χ3n) is 5.75. The van der Waals surface area contributed by atoms with Gasteiger partial charge in [-0.3, -0.25) is 19.7 Å². The third-order valence-corrected chi connectivity index (χ3v) is 5.75. The van der Waals surface area contributed by atoms with E-state index in [1.807, 2.05) is 12.1 Å². The molecule has 0 spiro atoms. The van der Waals surface area contributed by atoms with E-state index >= 15 is 0 Å². The highest BCUT2D eigenvalue weighted by atomic mass is 16.5. The average molecular weight is 456 g/mol. The number of benzene rings is 1. The van der Waals surface area contributed by atoms with Crippen molar-refractivity contribution in [3.63, 3.8) is 0 Å². The van der Waals surface area contributed by atoms with Crippen LogP contribution in [0.3, 0.4) is 0 Å². The maximum atomic E-state index is 12.5. The third kappa shape index (κ3) is 5.01. The van der Waals surface area contributed by atoms with Gasteiger partial charge in [0, 0.05) is 51.5 Å². The second kappa shape index (κ2) is 10.1. The van der Waals surface area contributed by atoms with Gasteiger partial charge in [-0.2, -0.15) is 0 Å². The summed E-state index contributed by atoms with van der Waals surface area (Å²) in [7, 11) is 3.27. The number of piperazine rings is 1. The summed E-state index contributed by atoms with van der Waals surface area (Å²) in [5.41, 5.74) is 2.11. The smallest absolute Gasteiger partial charge is 0.343 e. The predicted molar refractivity (Wildman–Crippen MR) is 122 cm³/mol. The molecule has 33 heavy (non-hydrogen) atoms. The first kappa shape index (κ1) is 22.8. The molecule has 1 N–H and O–H groups in total. The van der Waals surface area contributed by atoms with E-state index in [1.54, 1.807) is 21.1 Å². The molecule has 3 heterocycles. The molecule has 1 fully saturated rings. The predicted octanol–water partition coefficient (Wildman–Crippen LogP) is 1.53. The molecule has 0 atom stereocenters. The Bertz CT molecular complexity index is 1180. The number of nitrogens with one attached hydrogen (secondary N) is 1. The second-order valence-electron chi connectivity index (χ2n) is 7.89. The van der Waals surface area contributed by atoms with E-state index in [-0.39, 0.29) is 17.7 Å². The molecule has 1 aliphatic rings. The molecular weight excluding hydrogens is 426 g/mol. The number of carbonyl (C=O) groups excluding carboxylic acids is 1. The number of hydrogen-bond acceptors (Lipinski definition) is 8. The summed E-state index contributed by atoms with van der Waals surface area (Å²) in [5.74, 6) is 0.956. The number of hydrogen-bond donors (Lipinski definition) is 1. The first-order valence-corrected chi connectivity index (χ1v) is 10.9. The molecule has 0 radical (unpaired) electrons. The molecule has 3 aromatic rings. The van der Waals surface area contributed by atoms with Crippen LogP contribution in [-0.4, -0.2) is 77.4 Å². The molecule has 0 saturated carbocycles. The lowest BCUT2D eigenvalue weighted by Crippen LogP contribution is -2.45. The molecule has 1 saturated heterocycles. The minimum Gasteiger partial charge on any atom is -0.493 e. The van der Waals surface area contributed by atoms with E-state index in [9.17, 15) is 9.59 Å². The van der Waals surface area contributed by atoms with Gasteiger partial charge in [0.05, 0.1) is 26.5 Å². The lowest BCUT2D eigenvalue weighted by Gasteiger charge is -2.34. The highest BCUT2D eigenvalue weighted by molar-refractivity contribution is 5.95. The van der Waals surface area contributed by atoms with Gasteiger partial charge in [-0.15, -0.1) is 0 Å². The van der Waals surface area contributed by atoms with Gasteiger partial charge in [-0.25, -0.2) is 14.3 Å². The van der Waals surface area contributed by atoms with Crippen LogP contribution in [0.1, 0.15) is 28.5 Å². The fraction of sp³-hybridized carbons (Fsp3) is 0.435. The minimum atomic E-state index is -0.496. The highest BCUT2D eigenvalue weighted by Gasteiger charge is 2.20. The first-order valence-electron chi connectivity index (χ1n) is 10.9. The molecule has 10 nitrogen and oxygen atoms in total. The Morgan fingerprint density at radius 3 is 2.39 bits per heavy atom. The van der Waals surface area contributed by atoms with Crippen LogP contribution >= 0.6 is 0 Å². The van der Waals surface area contributed by atoms with Crippen molar-refractivity contribution in [1.29, 1.82) is 0 Å². The Balaban J connectivity index is 1.39. The number of esters is 1. The molecule has 2 aromatic heterocycles. The van der Waals surface area contributed by atoms with E-state index in [0.29, 0.717) is 17.9 Å². The Labute approximate surface area is 191 Å². The van der Waals surface area contributed by atoms with E-state index in [0.717, 1.165) is 44.2 Å². The number of aromatic nitrogens is 3. The van der Waals surface area contributed by atoms with Crippen LogP contribution in [0.15, 0.2) is 35.3 Å². The average Bonchev–Trinajstić information content (AvgIpc) is 3.25. The van der Waals surface area contributed by atoms with Crippen LogP contribution in [0.4, 0.5) is 0 Å². The lowest BCUT2D eigenvalue weighted by atomic mass is 10.1. The van der Waals surface area contributed by atoms with Crippen LogP contribution in [0, 0.1) is 0 Å². The Hall–Kier alpha value is -3.37. The van der Waals surface area contributed by atoms with Gasteiger partial charge in [0.25, 0.3) is 5.56 Å². The van der Waals surface area contributed by atoms with Gasteiger partial charge < -0.3 is 14.2 Å². The monoisotopic (exact) mass is 455 g/mol. The van der Waals surface area contributed by atoms with Crippen LogP contribution in [-0.2, 0) is 17.8 Å². The van der Waals surface area contributed by atoms with Crippen molar-refractivity contribution in [2.45, 2.75) is 20.0 Å². The topological polar surface area (TPSA) is 101 Å².